The molecule has 12 heteroatoms. The number of urea groups is 1. The molecule has 30 heavy (non-hydrogen) atoms. The molecule has 0 bridgehead atoms. The molecule has 0 unspecified atom stereocenters. The van der Waals surface area contributed by atoms with E-state index >= 15 is 0 Å². The van der Waals surface area contributed by atoms with Gasteiger partial charge < -0.3 is 19.7 Å². The van der Waals surface area contributed by atoms with Crippen molar-refractivity contribution in [2.45, 2.75) is 20.0 Å². The molecule has 0 aliphatic carbocycles. The largest absolute Gasteiger partial charge is 0.417 e. The van der Waals surface area contributed by atoms with Gasteiger partial charge >= 0.3 is 19.8 Å². The molecule has 0 aromatic heterocycles. The molecule has 0 atom stereocenters. The van der Waals surface area contributed by atoms with Gasteiger partial charge in [-0.15, -0.1) is 0 Å². The summed E-state index contributed by atoms with van der Waals surface area (Å²) in [6.07, 6.45) is -4.67. The van der Waals surface area contributed by atoms with Crippen molar-refractivity contribution in [3.05, 3.63) is 51.5 Å². The Hall–Kier alpha value is -1.58. The maximum Gasteiger partial charge on any atom is 0.417 e. The highest BCUT2D eigenvalue weighted by molar-refractivity contribution is 9.10. The highest BCUT2D eigenvalue weighted by atomic mass is 79.9. The van der Waals surface area contributed by atoms with Gasteiger partial charge in [0.05, 0.1) is 34.8 Å². The van der Waals surface area contributed by atoms with Crippen LogP contribution in [0, 0.1) is 0 Å². The van der Waals surface area contributed by atoms with Crippen molar-refractivity contribution >= 4 is 57.8 Å². The fourth-order valence-corrected chi connectivity index (χ4v) is 4.98. The van der Waals surface area contributed by atoms with E-state index in [1.165, 1.54) is 18.2 Å². The van der Waals surface area contributed by atoms with Crippen LogP contribution < -0.4 is 15.9 Å². The summed E-state index contributed by atoms with van der Waals surface area (Å²) in [5.41, 5.74) is -1.09. The Bertz CT molecular complexity index is 965. The van der Waals surface area contributed by atoms with Crippen LogP contribution in [0.1, 0.15) is 19.4 Å². The average molecular weight is 530 g/mol. The number of carbonyl (C=O) groups is 1. The molecule has 2 rings (SSSR count). The molecule has 6 nitrogen and oxygen atoms in total. The number of halogens is 5. The van der Waals surface area contributed by atoms with Crippen LogP contribution in [-0.4, -0.2) is 19.2 Å². The van der Waals surface area contributed by atoms with Gasteiger partial charge in [0.2, 0.25) is 0 Å². The zero-order chi connectivity index (χ0) is 22.5. The monoisotopic (exact) mass is 528 g/mol. The first-order valence-electron chi connectivity index (χ1n) is 8.64. The van der Waals surface area contributed by atoms with Crippen LogP contribution in [0.25, 0.3) is 0 Å². The fourth-order valence-electron chi connectivity index (χ4n) is 2.46. The molecular formula is C18H18BrClF3N2O4P. The van der Waals surface area contributed by atoms with Gasteiger partial charge in [0.15, 0.2) is 0 Å². The number of rotatable bonds is 7. The first-order valence-corrected chi connectivity index (χ1v) is 11.4. The van der Waals surface area contributed by atoms with E-state index in [-0.39, 0.29) is 29.9 Å². The highest BCUT2D eigenvalue weighted by Gasteiger charge is 2.34. The lowest BCUT2D eigenvalue weighted by Gasteiger charge is -2.21. The predicted molar refractivity (Wildman–Crippen MR) is 114 cm³/mol. The van der Waals surface area contributed by atoms with Gasteiger partial charge in [-0.05, 0) is 50.2 Å². The summed E-state index contributed by atoms with van der Waals surface area (Å²) in [4.78, 5) is 12.4. The molecule has 0 spiro atoms. The molecule has 0 saturated heterocycles. The van der Waals surface area contributed by atoms with E-state index in [1.807, 2.05) is 0 Å². The number of carbonyl (C=O) groups excluding carboxylic acids is 1. The predicted octanol–water partition coefficient (Wildman–Crippen LogP) is 6.66. The number of hydrogen-bond acceptors (Lipinski definition) is 4. The molecule has 2 aromatic carbocycles. The Morgan fingerprint density at radius 2 is 1.73 bits per heavy atom. The molecule has 2 N–H and O–H groups in total. The third-order valence-corrected chi connectivity index (χ3v) is 6.61. The van der Waals surface area contributed by atoms with Crippen molar-refractivity contribution in [2.75, 3.05) is 23.8 Å². The average Bonchev–Trinajstić information content (AvgIpc) is 2.64. The van der Waals surface area contributed by atoms with E-state index in [0.29, 0.717) is 4.47 Å². The van der Waals surface area contributed by atoms with Gasteiger partial charge in [-0.1, -0.05) is 27.5 Å². The highest BCUT2D eigenvalue weighted by Crippen LogP contribution is 2.49. The second kappa shape index (κ2) is 10.2. The normalized spacial score (nSPS) is 12.0. The lowest BCUT2D eigenvalue weighted by Crippen LogP contribution is -2.24. The summed E-state index contributed by atoms with van der Waals surface area (Å²) in [6, 6.07) is 6.65. The molecule has 2 amide bonds. The van der Waals surface area contributed by atoms with Crippen molar-refractivity contribution in [2.24, 2.45) is 0 Å². The van der Waals surface area contributed by atoms with E-state index in [1.54, 1.807) is 19.9 Å². The summed E-state index contributed by atoms with van der Waals surface area (Å²) in [5.74, 6) is 0. The Balaban J connectivity index is 2.31. The lowest BCUT2D eigenvalue weighted by atomic mass is 10.2. The first-order chi connectivity index (χ1) is 14.0. The number of hydrogen-bond donors (Lipinski definition) is 2. The van der Waals surface area contributed by atoms with Gasteiger partial charge in [-0.3, -0.25) is 4.57 Å². The van der Waals surface area contributed by atoms with Crippen molar-refractivity contribution in [1.29, 1.82) is 0 Å². The molecule has 0 aliphatic rings. The van der Waals surface area contributed by atoms with Gasteiger partial charge in [0, 0.05) is 10.2 Å². The van der Waals surface area contributed by atoms with Crippen LogP contribution in [0.15, 0.2) is 40.9 Å². The number of nitrogens with one attached hydrogen (secondary N) is 2. The van der Waals surface area contributed by atoms with Crippen molar-refractivity contribution in [1.82, 2.24) is 0 Å². The second-order valence-electron chi connectivity index (χ2n) is 5.77. The number of alkyl halides is 3. The summed E-state index contributed by atoms with van der Waals surface area (Å²) in [5, 5.41) is 4.37. The Morgan fingerprint density at radius 1 is 1.10 bits per heavy atom. The van der Waals surface area contributed by atoms with E-state index in [4.69, 9.17) is 20.6 Å². The van der Waals surface area contributed by atoms with Crippen LogP contribution in [0.5, 0.6) is 0 Å². The summed E-state index contributed by atoms with van der Waals surface area (Å²) < 4.78 is 63.4. The van der Waals surface area contributed by atoms with E-state index in [9.17, 15) is 22.5 Å². The molecule has 0 heterocycles. The van der Waals surface area contributed by atoms with Crippen molar-refractivity contribution in [3.63, 3.8) is 0 Å². The van der Waals surface area contributed by atoms with Gasteiger partial charge in [0.25, 0.3) is 0 Å². The zero-order valence-corrected chi connectivity index (χ0v) is 19.1. The van der Waals surface area contributed by atoms with Gasteiger partial charge in [-0.25, -0.2) is 4.79 Å². The van der Waals surface area contributed by atoms with Crippen LogP contribution >= 0.6 is 35.1 Å². The van der Waals surface area contributed by atoms with Crippen LogP contribution in [0.2, 0.25) is 5.02 Å². The molecule has 0 radical (unpaired) electrons. The minimum atomic E-state index is -4.67. The molecule has 0 fully saturated rings. The molecule has 164 valence electrons. The summed E-state index contributed by atoms with van der Waals surface area (Å²) in [7, 11) is -3.75. The van der Waals surface area contributed by atoms with Gasteiger partial charge in [-0.2, -0.15) is 13.2 Å². The summed E-state index contributed by atoms with van der Waals surface area (Å²) >= 11 is 8.85. The minimum Gasteiger partial charge on any atom is -0.308 e. The lowest BCUT2D eigenvalue weighted by molar-refractivity contribution is -0.137. The Kier molecular flexibility index (Phi) is 8.35. The van der Waals surface area contributed by atoms with E-state index in [2.05, 4.69) is 26.6 Å². The number of anilines is 2. The third kappa shape index (κ3) is 6.21. The van der Waals surface area contributed by atoms with E-state index < -0.39 is 30.4 Å². The number of benzene rings is 2. The fraction of sp³-hybridized carbons (Fsp3) is 0.278. The number of amides is 2. The maximum atomic E-state index is 13.1. The topological polar surface area (TPSA) is 76.7 Å². The third-order valence-electron chi connectivity index (χ3n) is 3.63. The molecule has 0 aliphatic heterocycles. The Morgan fingerprint density at radius 3 is 2.30 bits per heavy atom. The standard InChI is InChI=1S/C18H18BrClF3N2O4P/c1-3-28-30(27,29-4-2)16-9-11(19)5-8-15(16)25-17(26)24-12-6-7-14(20)13(10-12)18(21,22)23/h5-10H,3-4H2,1-2H3,(H2,24,25,26). The quantitative estimate of drug-likeness (QED) is 0.394. The van der Waals surface area contributed by atoms with Crippen LogP contribution in [0.4, 0.5) is 29.3 Å². The minimum absolute atomic E-state index is 0.0976. The zero-order valence-electron chi connectivity index (χ0n) is 15.8. The SMILES string of the molecule is CCOP(=O)(OCC)c1cc(Br)ccc1NC(=O)Nc1ccc(Cl)c(C(F)(F)F)c1. The van der Waals surface area contributed by atoms with Gasteiger partial charge in [0.1, 0.15) is 0 Å². The summed E-state index contributed by atoms with van der Waals surface area (Å²) in [6.45, 7) is 3.48. The molecule has 2 aromatic rings. The van der Waals surface area contributed by atoms with Crippen molar-refractivity contribution < 1.29 is 31.6 Å². The second-order valence-corrected chi connectivity index (χ2v) is 9.08. The molecular weight excluding hydrogens is 512 g/mol. The molecule has 0 saturated carbocycles. The maximum absolute atomic E-state index is 13.1. The van der Waals surface area contributed by atoms with E-state index in [0.717, 1.165) is 12.1 Å². The Labute approximate surface area is 184 Å². The van der Waals surface area contributed by atoms with Crippen LogP contribution in [-0.2, 0) is 19.8 Å². The smallest absolute Gasteiger partial charge is 0.308 e. The van der Waals surface area contributed by atoms with Crippen molar-refractivity contribution in [3.8, 4) is 0 Å². The van der Waals surface area contributed by atoms with Crippen LogP contribution in [0.3, 0.4) is 0 Å². The first kappa shape index (κ1) is 24.7.